The summed E-state index contributed by atoms with van der Waals surface area (Å²) in [6.07, 6.45) is 1.24. The maximum atomic E-state index is 11.2. The third-order valence-corrected chi connectivity index (χ3v) is 3.96. The smallest absolute Gasteiger partial charge is 0.211 e. The molecule has 0 bridgehead atoms. The monoisotopic (exact) mass is 226 g/mol. The normalized spacial score (nSPS) is 18.7. The molecule has 0 aliphatic carbocycles. The Morgan fingerprint density at radius 2 is 1.80 bits per heavy atom. The van der Waals surface area contributed by atoms with Crippen molar-refractivity contribution in [1.29, 1.82) is 0 Å². The topological polar surface area (TPSA) is 63.4 Å². The summed E-state index contributed by atoms with van der Waals surface area (Å²) in [7, 11) is -3.01. The van der Waals surface area contributed by atoms with Crippen molar-refractivity contribution in [3.63, 3.8) is 0 Å². The highest BCUT2D eigenvalue weighted by atomic mass is 32.2. The van der Waals surface area contributed by atoms with E-state index in [0.717, 1.165) is 11.3 Å². The number of nitrogens with two attached hydrogens (primary N) is 1. The van der Waals surface area contributed by atoms with Crippen LogP contribution in [-0.2, 0) is 10.0 Å². The van der Waals surface area contributed by atoms with E-state index in [2.05, 4.69) is 0 Å². The van der Waals surface area contributed by atoms with E-state index in [9.17, 15) is 8.42 Å². The summed E-state index contributed by atoms with van der Waals surface area (Å²) in [6, 6.07) is 7.61. The van der Waals surface area contributed by atoms with Crippen LogP contribution in [0.15, 0.2) is 24.3 Å². The first-order valence-electron chi connectivity index (χ1n) is 4.77. The second-order valence-electron chi connectivity index (χ2n) is 3.94. The van der Waals surface area contributed by atoms with E-state index in [1.807, 2.05) is 24.3 Å². The number of hydrogen-bond donors (Lipinski definition) is 1. The number of nitrogen functional groups attached to an aromatic ring is 1. The summed E-state index contributed by atoms with van der Waals surface area (Å²) >= 11 is 0. The highest BCUT2D eigenvalue weighted by Gasteiger charge is 2.33. The molecule has 2 rings (SSSR count). The number of sulfonamides is 1. The fraction of sp³-hybridized carbons (Fsp3) is 0.400. The Kier molecular flexibility index (Phi) is 2.44. The highest BCUT2D eigenvalue weighted by molar-refractivity contribution is 7.88. The van der Waals surface area contributed by atoms with Gasteiger partial charge in [-0.2, -0.15) is 0 Å². The number of rotatable bonds is 2. The lowest BCUT2D eigenvalue weighted by Crippen LogP contribution is -2.47. The molecule has 2 N–H and O–H groups in total. The molecular weight excluding hydrogens is 212 g/mol. The lowest BCUT2D eigenvalue weighted by Gasteiger charge is -2.37. The second kappa shape index (κ2) is 3.50. The zero-order valence-electron chi connectivity index (χ0n) is 8.55. The molecule has 5 heteroatoms. The van der Waals surface area contributed by atoms with Crippen molar-refractivity contribution in [2.75, 3.05) is 25.1 Å². The van der Waals surface area contributed by atoms with Gasteiger partial charge in [-0.1, -0.05) is 12.1 Å². The Morgan fingerprint density at radius 1 is 1.27 bits per heavy atom. The third-order valence-electron chi connectivity index (χ3n) is 2.72. The molecule has 15 heavy (non-hydrogen) atoms. The van der Waals surface area contributed by atoms with Gasteiger partial charge in [0.15, 0.2) is 0 Å². The molecule has 0 aromatic heterocycles. The van der Waals surface area contributed by atoms with Gasteiger partial charge in [0.2, 0.25) is 10.0 Å². The van der Waals surface area contributed by atoms with Gasteiger partial charge in [-0.05, 0) is 17.7 Å². The lowest BCUT2D eigenvalue weighted by molar-refractivity contribution is 0.266. The lowest BCUT2D eigenvalue weighted by atomic mass is 9.94. The van der Waals surface area contributed by atoms with E-state index in [0.29, 0.717) is 19.0 Å². The van der Waals surface area contributed by atoms with Crippen LogP contribution in [0.5, 0.6) is 0 Å². The van der Waals surface area contributed by atoms with Crippen molar-refractivity contribution in [2.24, 2.45) is 0 Å². The van der Waals surface area contributed by atoms with Gasteiger partial charge < -0.3 is 5.73 Å². The second-order valence-corrected chi connectivity index (χ2v) is 5.93. The van der Waals surface area contributed by atoms with Gasteiger partial charge in [0.1, 0.15) is 0 Å². The fourth-order valence-corrected chi connectivity index (χ4v) is 2.59. The minimum absolute atomic E-state index is 0.320. The van der Waals surface area contributed by atoms with Gasteiger partial charge in [0.05, 0.1) is 6.26 Å². The van der Waals surface area contributed by atoms with Crippen LogP contribution < -0.4 is 5.73 Å². The van der Waals surface area contributed by atoms with E-state index < -0.39 is 10.0 Å². The summed E-state index contributed by atoms with van der Waals surface area (Å²) in [4.78, 5) is 0. The molecule has 0 saturated carbocycles. The van der Waals surface area contributed by atoms with Crippen molar-refractivity contribution in [3.05, 3.63) is 29.8 Å². The van der Waals surface area contributed by atoms with Crippen LogP contribution in [0.4, 0.5) is 5.69 Å². The molecule has 1 aliphatic rings. The molecule has 0 radical (unpaired) electrons. The Morgan fingerprint density at radius 3 is 2.27 bits per heavy atom. The zero-order valence-corrected chi connectivity index (χ0v) is 9.37. The van der Waals surface area contributed by atoms with Crippen LogP contribution in [0.1, 0.15) is 11.5 Å². The summed E-state index contributed by atoms with van der Waals surface area (Å²) in [6.45, 7) is 1.17. The van der Waals surface area contributed by atoms with E-state index in [1.165, 1.54) is 10.6 Å². The Labute approximate surface area is 89.7 Å². The van der Waals surface area contributed by atoms with Crippen LogP contribution >= 0.6 is 0 Å². The molecule has 0 atom stereocenters. The largest absolute Gasteiger partial charge is 0.399 e. The Balaban J connectivity index is 2.04. The minimum Gasteiger partial charge on any atom is -0.399 e. The van der Waals surface area contributed by atoms with Crippen LogP contribution in [0.25, 0.3) is 0 Å². The molecule has 0 spiro atoms. The number of benzene rings is 1. The van der Waals surface area contributed by atoms with Crippen molar-refractivity contribution in [1.82, 2.24) is 4.31 Å². The van der Waals surface area contributed by atoms with Gasteiger partial charge >= 0.3 is 0 Å². The van der Waals surface area contributed by atoms with Crippen LogP contribution in [0.2, 0.25) is 0 Å². The van der Waals surface area contributed by atoms with Crippen LogP contribution in [-0.4, -0.2) is 32.1 Å². The van der Waals surface area contributed by atoms with E-state index in [1.54, 1.807) is 0 Å². The Bertz CT molecular complexity index is 447. The summed E-state index contributed by atoms with van der Waals surface area (Å²) in [5.74, 6) is 0.320. The summed E-state index contributed by atoms with van der Waals surface area (Å²) in [5, 5.41) is 0. The molecule has 0 unspecified atom stereocenters. The minimum atomic E-state index is -3.01. The molecule has 1 saturated heterocycles. The molecular formula is C10H14N2O2S. The number of nitrogens with zero attached hydrogens (tertiary/aromatic N) is 1. The molecule has 1 aliphatic heterocycles. The summed E-state index contributed by atoms with van der Waals surface area (Å²) < 4.78 is 23.8. The van der Waals surface area contributed by atoms with Gasteiger partial charge in [-0.25, -0.2) is 12.7 Å². The van der Waals surface area contributed by atoms with Crippen molar-refractivity contribution in [2.45, 2.75) is 5.92 Å². The SMILES string of the molecule is CS(=O)(=O)N1CC(c2ccc(N)cc2)C1. The third kappa shape index (κ3) is 2.13. The first-order chi connectivity index (χ1) is 6.97. The van der Waals surface area contributed by atoms with Gasteiger partial charge in [-0.15, -0.1) is 0 Å². The standard InChI is InChI=1S/C10H14N2O2S/c1-15(13,14)12-6-9(7-12)8-2-4-10(11)5-3-8/h2-5,9H,6-7,11H2,1H3. The predicted molar refractivity (Wildman–Crippen MR) is 60.0 cm³/mol. The average Bonchev–Trinajstić information content (AvgIpc) is 2.03. The van der Waals surface area contributed by atoms with Gasteiger partial charge in [0.25, 0.3) is 0 Å². The van der Waals surface area contributed by atoms with E-state index in [-0.39, 0.29) is 0 Å². The molecule has 1 aromatic carbocycles. The molecule has 1 aromatic rings. The number of hydrogen-bond acceptors (Lipinski definition) is 3. The quantitative estimate of drug-likeness (QED) is 0.752. The molecule has 82 valence electrons. The van der Waals surface area contributed by atoms with Gasteiger partial charge in [0, 0.05) is 24.7 Å². The van der Waals surface area contributed by atoms with E-state index in [4.69, 9.17) is 5.73 Å². The number of anilines is 1. The summed E-state index contributed by atoms with van der Waals surface area (Å²) in [5.41, 5.74) is 7.47. The predicted octanol–water partition coefficient (Wildman–Crippen LogP) is 0.628. The molecule has 0 amide bonds. The van der Waals surface area contributed by atoms with Crippen LogP contribution in [0.3, 0.4) is 0 Å². The van der Waals surface area contributed by atoms with Crippen molar-refractivity contribution < 1.29 is 8.42 Å². The average molecular weight is 226 g/mol. The first-order valence-corrected chi connectivity index (χ1v) is 6.62. The van der Waals surface area contributed by atoms with Crippen LogP contribution in [0, 0.1) is 0 Å². The van der Waals surface area contributed by atoms with Crippen molar-refractivity contribution >= 4 is 15.7 Å². The Hall–Kier alpha value is -1.07. The highest BCUT2D eigenvalue weighted by Crippen LogP contribution is 2.28. The molecule has 4 nitrogen and oxygen atoms in total. The molecule has 1 fully saturated rings. The van der Waals surface area contributed by atoms with Gasteiger partial charge in [-0.3, -0.25) is 0 Å². The molecule has 1 heterocycles. The first kappa shape index (κ1) is 10.4. The maximum absolute atomic E-state index is 11.2. The maximum Gasteiger partial charge on any atom is 0.211 e. The zero-order chi connectivity index (χ0) is 11.1. The fourth-order valence-electron chi connectivity index (χ4n) is 1.69. The van der Waals surface area contributed by atoms with E-state index >= 15 is 0 Å². The van der Waals surface area contributed by atoms with Crippen molar-refractivity contribution in [3.8, 4) is 0 Å².